The van der Waals surface area contributed by atoms with Crippen LogP contribution in [0.2, 0.25) is 0 Å². The molecular weight excluding hydrogens is 486 g/mol. The molecule has 0 unspecified atom stereocenters. The predicted molar refractivity (Wildman–Crippen MR) is 149 cm³/mol. The molecule has 1 fully saturated rings. The quantitative estimate of drug-likeness (QED) is 0.461. The first-order valence-corrected chi connectivity index (χ1v) is 15.0. The van der Waals surface area contributed by atoms with Crippen LogP contribution >= 0.6 is 0 Å². The first-order valence-electron chi connectivity index (χ1n) is 13.2. The van der Waals surface area contributed by atoms with E-state index < -0.39 is 16.1 Å². The molecule has 0 radical (unpaired) electrons. The van der Waals surface area contributed by atoms with Crippen molar-refractivity contribution in [3.63, 3.8) is 0 Å². The lowest BCUT2D eigenvalue weighted by Crippen LogP contribution is -2.49. The summed E-state index contributed by atoms with van der Waals surface area (Å²) in [5.41, 5.74) is 4.61. The van der Waals surface area contributed by atoms with Crippen molar-refractivity contribution in [2.45, 2.75) is 84.8 Å². The average Bonchev–Trinajstić information content (AvgIpc) is 3.32. The number of aryl methyl sites for hydroxylation is 3. The standard InChI is InChI=1S/C29H41N3O4S/c1-21-17-22(2)19-27(18-21)32(37(5,35)36)16-10-15-28(33)31(20-25-12-7-6-11-23(25)3)24(4)29(34)30-26-13-8-9-14-26/h6-7,11-12,17-19,24,26H,8-10,13-16,20H2,1-5H3,(H,30,34)/t24-/m0/s1. The summed E-state index contributed by atoms with van der Waals surface area (Å²) in [6, 6.07) is 13.1. The molecule has 2 aromatic carbocycles. The van der Waals surface area contributed by atoms with E-state index in [0.29, 0.717) is 18.7 Å². The van der Waals surface area contributed by atoms with Crippen molar-refractivity contribution in [1.82, 2.24) is 10.2 Å². The second-order valence-corrected chi connectivity index (χ2v) is 12.3. The summed E-state index contributed by atoms with van der Waals surface area (Å²) in [7, 11) is -3.52. The van der Waals surface area contributed by atoms with Gasteiger partial charge in [0.1, 0.15) is 6.04 Å². The number of sulfonamides is 1. The molecule has 1 saturated carbocycles. The number of hydrogen-bond acceptors (Lipinski definition) is 4. The Morgan fingerprint density at radius 3 is 2.24 bits per heavy atom. The van der Waals surface area contributed by atoms with E-state index in [2.05, 4.69) is 5.32 Å². The van der Waals surface area contributed by atoms with Gasteiger partial charge in [-0.2, -0.15) is 0 Å². The maximum absolute atomic E-state index is 13.5. The van der Waals surface area contributed by atoms with Gasteiger partial charge in [-0.3, -0.25) is 13.9 Å². The number of rotatable bonds is 11. The van der Waals surface area contributed by atoms with Crippen LogP contribution in [0.25, 0.3) is 0 Å². The maximum Gasteiger partial charge on any atom is 0.242 e. The molecule has 1 N–H and O–H groups in total. The monoisotopic (exact) mass is 527 g/mol. The maximum atomic E-state index is 13.5. The molecule has 37 heavy (non-hydrogen) atoms. The van der Waals surface area contributed by atoms with E-state index in [0.717, 1.165) is 47.9 Å². The third-order valence-electron chi connectivity index (χ3n) is 7.12. The summed E-state index contributed by atoms with van der Waals surface area (Å²) in [5.74, 6) is -0.298. The molecule has 0 saturated heterocycles. The Kier molecular flexibility index (Phi) is 9.76. The van der Waals surface area contributed by atoms with Crippen LogP contribution in [0.15, 0.2) is 42.5 Å². The van der Waals surface area contributed by atoms with Gasteiger partial charge in [0.2, 0.25) is 21.8 Å². The Labute approximate surface area is 222 Å². The third-order valence-corrected chi connectivity index (χ3v) is 8.31. The lowest BCUT2D eigenvalue weighted by molar-refractivity contribution is -0.141. The summed E-state index contributed by atoms with van der Waals surface area (Å²) in [6.45, 7) is 8.16. The number of carbonyl (C=O) groups excluding carboxylic acids is 2. The van der Waals surface area contributed by atoms with Gasteiger partial charge in [0.05, 0.1) is 11.9 Å². The SMILES string of the molecule is Cc1cc(C)cc(N(CCCC(=O)N(Cc2ccccc2C)[C@@H](C)C(=O)NC2CCCC2)S(C)(=O)=O)c1. The number of amides is 2. The van der Waals surface area contributed by atoms with Gasteiger partial charge >= 0.3 is 0 Å². The lowest BCUT2D eigenvalue weighted by Gasteiger charge is -2.30. The largest absolute Gasteiger partial charge is 0.352 e. The highest BCUT2D eigenvalue weighted by Crippen LogP contribution is 2.23. The van der Waals surface area contributed by atoms with Crippen LogP contribution < -0.4 is 9.62 Å². The first kappa shape index (κ1) is 28.7. The fourth-order valence-electron chi connectivity index (χ4n) is 5.04. The molecule has 0 aliphatic heterocycles. The van der Waals surface area contributed by atoms with Crippen molar-refractivity contribution in [3.8, 4) is 0 Å². The topological polar surface area (TPSA) is 86.8 Å². The van der Waals surface area contributed by atoms with Crippen LogP contribution in [-0.2, 0) is 26.2 Å². The molecular formula is C29H41N3O4S. The number of anilines is 1. The second-order valence-electron chi connectivity index (χ2n) is 10.4. The van der Waals surface area contributed by atoms with Crippen LogP contribution in [0.4, 0.5) is 5.69 Å². The molecule has 0 spiro atoms. The van der Waals surface area contributed by atoms with Crippen molar-refractivity contribution in [2.75, 3.05) is 17.1 Å². The summed E-state index contributed by atoms with van der Waals surface area (Å²) in [4.78, 5) is 28.2. The second kappa shape index (κ2) is 12.6. The van der Waals surface area contributed by atoms with E-state index in [1.807, 2.05) is 63.2 Å². The molecule has 1 atom stereocenters. The molecule has 0 bridgehead atoms. The number of carbonyl (C=O) groups is 2. The summed E-state index contributed by atoms with van der Waals surface area (Å²) >= 11 is 0. The van der Waals surface area contributed by atoms with Gasteiger partial charge < -0.3 is 10.2 Å². The van der Waals surface area contributed by atoms with Crippen LogP contribution in [0.1, 0.15) is 67.7 Å². The van der Waals surface area contributed by atoms with Crippen molar-refractivity contribution in [1.29, 1.82) is 0 Å². The Morgan fingerprint density at radius 1 is 1.03 bits per heavy atom. The van der Waals surface area contributed by atoms with E-state index in [-0.39, 0.29) is 30.8 Å². The average molecular weight is 528 g/mol. The molecule has 2 aromatic rings. The van der Waals surface area contributed by atoms with Gasteiger partial charge in [-0.05, 0) is 81.3 Å². The number of nitrogens with zero attached hydrogens (tertiary/aromatic N) is 2. The molecule has 3 rings (SSSR count). The molecule has 202 valence electrons. The molecule has 7 nitrogen and oxygen atoms in total. The van der Waals surface area contributed by atoms with Crippen molar-refractivity contribution in [2.24, 2.45) is 0 Å². The van der Waals surface area contributed by atoms with Gasteiger partial charge in [0, 0.05) is 25.6 Å². The van der Waals surface area contributed by atoms with Gasteiger partial charge in [-0.1, -0.05) is 43.2 Å². The zero-order valence-electron chi connectivity index (χ0n) is 22.8. The molecule has 8 heteroatoms. The zero-order chi connectivity index (χ0) is 27.2. The van der Waals surface area contributed by atoms with E-state index in [1.165, 1.54) is 10.6 Å². The Bertz CT molecular complexity index is 1190. The number of hydrogen-bond donors (Lipinski definition) is 1. The number of nitrogens with one attached hydrogen (secondary N) is 1. The molecule has 2 amide bonds. The van der Waals surface area contributed by atoms with Crippen LogP contribution in [0.5, 0.6) is 0 Å². The van der Waals surface area contributed by atoms with Gasteiger partial charge in [-0.25, -0.2) is 8.42 Å². The minimum atomic E-state index is -3.52. The molecule has 0 aromatic heterocycles. The van der Waals surface area contributed by atoms with E-state index in [9.17, 15) is 18.0 Å². The Balaban J connectivity index is 1.74. The number of benzene rings is 2. The Hall–Kier alpha value is -2.87. The van der Waals surface area contributed by atoms with E-state index in [4.69, 9.17) is 0 Å². The first-order chi connectivity index (χ1) is 17.5. The van der Waals surface area contributed by atoms with Crippen molar-refractivity contribution in [3.05, 3.63) is 64.7 Å². The third kappa shape index (κ3) is 8.06. The lowest BCUT2D eigenvalue weighted by atomic mass is 10.1. The molecule has 1 aliphatic carbocycles. The minimum Gasteiger partial charge on any atom is -0.352 e. The van der Waals surface area contributed by atoms with Crippen LogP contribution in [0, 0.1) is 20.8 Å². The highest BCUT2D eigenvalue weighted by Gasteiger charge is 2.29. The molecule has 1 aliphatic rings. The van der Waals surface area contributed by atoms with Gasteiger partial charge in [-0.15, -0.1) is 0 Å². The summed E-state index contributed by atoms with van der Waals surface area (Å²) in [6.07, 6.45) is 5.86. The summed E-state index contributed by atoms with van der Waals surface area (Å²) in [5, 5.41) is 3.12. The van der Waals surface area contributed by atoms with E-state index in [1.54, 1.807) is 11.8 Å². The molecule has 0 heterocycles. The highest BCUT2D eigenvalue weighted by molar-refractivity contribution is 7.92. The smallest absolute Gasteiger partial charge is 0.242 e. The van der Waals surface area contributed by atoms with Crippen LogP contribution in [0.3, 0.4) is 0 Å². The Morgan fingerprint density at radius 2 is 1.65 bits per heavy atom. The van der Waals surface area contributed by atoms with Gasteiger partial charge in [0.15, 0.2) is 0 Å². The van der Waals surface area contributed by atoms with E-state index >= 15 is 0 Å². The highest BCUT2D eigenvalue weighted by atomic mass is 32.2. The van der Waals surface area contributed by atoms with Crippen molar-refractivity contribution < 1.29 is 18.0 Å². The fourth-order valence-corrected chi connectivity index (χ4v) is 5.99. The normalized spacial score (nSPS) is 14.8. The zero-order valence-corrected chi connectivity index (χ0v) is 23.6. The van der Waals surface area contributed by atoms with Crippen molar-refractivity contribution >= 4 is 27.5 Å². The summed E-state index contributed by atoms with van der Waals surface area (Å²) < 4.78 is 26.5. The minimum absolute atomic E-state index is 0.137. The predicted octanol–water partition coefficient (Wildman–Crippen LogP) is 4.63. The van der Waals surface area contributed by atoms with Crippen LogP contribution in [-0.4, -0.2) is 50.0 Å². The van der Waals surface area contributed by atoms with Gasteiger partial charge in [0.25, 0.3) is 0 Å². The fraction of sp³-hybridized carbons (Fsp3) is 0.517.